The number of hydrogen-bond donors (Lipinski definition) is 0. The largest absolute Gasteiger partial charge is 0.381 e. The molecule has 10 heavy (non-hydrogen) atoms. The number of nitrogens with zero attached hydrogens (tertiary/aromatic N) is 3. The van der Waals surface area contributed by atoms with Crippen LogP contribution in [0.4, 0.5) is 5.82 Å². The molecule has 0 unspecified atom stereocenters. The standard InChI is InChI=1S/C4H5N3O2.ClH/c1-6-2-4(5-3-6)7(8)9;/h2-3H,1H3;1H. The van der Waals surface area contributed by atoms with E-state index in [1.165, 1.54) is 17.1 Å². The van der Waals surface area contributed by atoms with E-state index in [0.717, 1.165) is 0 Å². The monoisotopic (exact) mass is 163 g/mol. The zero-order chi connectivity index (χ0) is 6.85. The fraction of sp³-hybridized carbons (Fsp3) is 0.250. The lowest BCUT2D eigenvalue weighted by molar-refractivity contribution is -0.389. The molecule has 0 N–H and O–H groups in total. The molecule has 0 radical (unpaired) electrons. The van der Waals surface area contributed by atoms with E-state index in [1.807, 2.05) is 0 Å². The van der Waals surface area contributed by atoms with Gasteiger partial charge < -0.3 is 14.7 Å². The van der Waals surface area contributed by atoms with Crippen LogP contribution in [-0.2, 0) is 7.05 Å². The summed E-state index contributed by atoms with van der Waals surface area (Å²) < 4.78 is 1.53. The molecule has 0 saturated carbocycles. The summed E-state index contributed by atoms with van der Waals surface area (Å²) in [5.74, 6) is -0.113. The van der Waals surface area contributed by atoms with Crippen molar-refractivity contribution in [2.75, 3.05) is 0 Å². The van der Waals surface area contributed by atoms with Crippen LogP contribution in [0.3, 0.4) is 0 Å². The van der Waals surface area contributed by atoms with Crippen LogP contribution in [0.25, 0.3) is 0 Å². The molecule has 56 valence electrons. The van der Waals surface area contributed by atoms with Gasteiger partial charge in [0.05, 0.1) is 0 Å². The number of hydrogen-bond acceptors (Lipinski definition) is 3. The van der Waals surface area contributed by atoms with E-state index in [2.05, 4.69) is 4.98 Å². The molecule has 5 nitrogen and oxygen atoms in total. The first-order chi connectivity index (χ1) is 4.20. The lowest BCUT2D eigenvalue weighted by atomic mass is 10.8. The second-order valence-corrected chi connectivity index (χ2v) is 1.65. The molecule has 0 aliphatic carbocycles. The van der Waals surface area contributed by atoms with E-state index in [4.69, 9.17) is 0 Å². The summed E-state index contributed by atoms with van der Waals surface area (Å²) in [5.41, 5.74) is 0. The van der Waals surface area contributed by atoms with Crippen LogP contribution in [0.15, 0.2) is 12.5 Å². The van der Waals surface area contributed by atoms with Crippen LogP contribution < -0.4 is 0 Å². The molecule has 0 spiro atoms. The topological polar surface area (TPSA) is 61.0 Å². The van der Waals surface area contributed by atoms with E-state index >= 15 is 0 Å². The third-order valence-electron chi connectivity index (χ3n) is 0.878. The minimum atomic E-state index is -0.528. The summed E-state index contributed by atoms with van der Waals surface area (Å²) in [6, 6.07) is 0. The fourth-order valence-electron chi connectivity index (χ4n) is 0.493. The summed E-state index contributed by atoms with van der Waals surface area (Å²) in [6.45, 7) is 0. The van der Waals surface area contributed by atoms with Gasteiger partial charge in [-0.2, -0.15) is 0 Å². The molecule has 0 atom stereocenters. The number of imidazole rings is 1. The predicted octanol–water partition coefficient (Wildman–Crippen LogP) is 0.750. The fourth-order valence-corrected chi connectivity index (χ4v) is 0.493. The first-order valence-electron chi connectivity index (χ1n) is 2.32. The van der Waals surface area contributed by atoms with Gasteiger partial charge >= 0.3 is 5.82 Å². The Morgan fingerprint density at radius 1 is 1.80 bits per heavy atom. The Hall–Kier alpha value is -1.10. The van der Waals surface area contributed by atoms with Crippen LogP contribution >= 0.6 is 12.4 Å². The van der Waals surface area contributed by atoms with Crippen molar-refractivity contribution in [3.8, 4) is 0 Å². The normalized spacial score (nSPS) is 8.50. The summed E-state index contributed by atoms with van der Waals surface area (Å²) in [6.07, 6.45) is 2.73. The van der Waals surface area contributed by atoms with Crippen LogP contribution in [0.5, 0.6) is 0 Å². The second kappa shape index (κ2) is 3.17. The molecule has 0 saturated heterocycles. The average Bonchev–Trinajstić information content (AvgIpc) is 2.14. The zero-order valence-corrected chi connectivity index (χ0v) is 6.04. The Morgan fingerprint density at radius 3 is 2.60 bits per heavy atom. The molecule has 0 aromatic carbocycles. The van der Waals surface area contributed by atoms with E-state index in [-0.39, 0.29) is 18.2 Å². The highest BCUT2D eigenvalue weighted by molar-refractivity contribution is 5.85. The average molecular weight is 164 g/mol. The summed E-state index contributed by atoms with van der Waals surface area (Å²) in [7, 11) is 1.68. The van der Waals surface area contributed by atoms with Gasteiger partial charge in [0, 0.05) is 7.05 Å². The van der Waals surface area contributed by atoms with E-state index in [9.17, 15) is 10.1 Å². The minimum Gasteiger partial charge on any atom is -0.358 e. The van der Waals surface area contributed by atoms with Gasteiger partial charge in [-0.1, -0.05) is 0 Å². The molecule has 0 bridgehead atoms. The first kappa shape index (κ1) is 8.90. The molecule has 0 amide bonds. The van der Waals surface area contributed by atoms with Crippen molar-refractivity contribution in [1.82, 2.24) is 9.55 Å². The number of aromatic nitrogens is 2. The molecule has 1 aromatic rings. The number of nitro groups is 1. The van der Waals surface area contributed by atoms with Crippen LogP contribution in [0, 0.1) is 10.1 Å². The number of aryl methyl sites for hydroxylation is 1. The maximum Gasteiger partial charge on any atom is 0.381 e. The molecule has 0 aliphatic heterocycles. The van der Waals surface area contributed by atoms with Gasteiger partial charge in [0.2, 0.25) is 6.33 Å². The maximum atomic E-state index is 9.94. The lowest BCUT2D eigenvalue weighted by Gasteiger charge is -1.82. The Bertz CT molecular complexity index is 234. The van der Waals surface area contributed by atoms with Gasteiger partial charge in [0.15, 0.2) is 0 Å². The summed E-state index contributed by atoms with van der Waals surface area (Å²) in [4.78, 5) is 12.9. The molecule has 6 heteroatoms. The summed E-state index contributed by atoms with van der Waals surface area (Å²) in [5, 5.41) is 9.94. The van der Waals surface area contributed by atoms with Crippen LogP contribution in [0.1, 0.15) is 0 Å². The number of rotatable bonds is 1. The highest BCUT2D eigenvalue weighted by atomic mass is 35.5. The van der Waals surface area contributed by atoms with Crippen molar-refractivity contribution in [2.24, 2.45) is 7.05 Å². The molecule has 0 fully saturated rings. The molecular formula is C4H6ClN3O2. The van der Waals surface area contributed by atoms with Crippen molar-refractivity contribution in [3.63, 3.8) is 0 Å². The Kier molecular flexibility index (Phi) is 2.82. The van der Waals surface area contributed by atoms with Gasteiger partial charge in [0.25, 0.3) is 0 Å². The second-order valence-electron chi connectivity index (χ2n) is 1.65. The van der Waals surface area contributed by atoms with E-state index in [0.29, 0.717) is 0 Å². The van der Waals surface area contributed by atoms with Gasteiger partial charge in [-0.3, -0.25) is 0 Å². The zero-order valence-electron chi connectivity index (χ0n) is 5.22. The SMILES string of the molecule is Cl.Cn1cnc([N+](=O)[O-])c1. The highest BCUT2D eigenvalue weighted by Gasteiger charge is 2.05. The third-order valence-corrected chi connectivity index (χ3v) is 0.878. The lowest BCUT2D eigenvalue weighted by Crippen LogP contribution is -1.86. The first-order valence-corrected chi connectivity index (χ1v) is 2.32. The molecule has 1 heterocycles. The van der Waals surface area contributed by atoms with Gasteiger partial charge in [0.1, 0.15) is 6.20 Å². The van der Waals surface area contributed by atoms with E-state index < -0.39 is 4.92 Å². The smallest absolute Gasteiger partial charge is 0.358 e. The maximum absolute atomic E-state index is 9.94. The van der Waals surface area contributed by atoms with Crippen molar-refractivity contribution in [2.45, 2.75) is 0 Å². The molecular weight excluding hydrogens is 158 g/mol. The Morgan fingerprint density at radius 2 is 2.40 bits per heavy atom. The predicted molar refractivity (Wildman–Crippen MR) is 37.1 cm³/mol. The van der Waals surface area contributed by atoms with Crippen molar-refractivity contribution < 1.29 is 4.92 Å². The Labute approximate surface area is 63.2 Å². The highest BCUT2D eigenvalue weighted by Crippen LogP contribution is 2.02. The number of halogens is 1. The third kappa shape index (κ3) is 1.70. The van der Waals surface area contributed by atoms with Crippen LogP contribution in [0.2, 0.25) is 0 Å². The van der Waals surface area contributed by atoms with Gasteiger partial charge in [-0.15, -0.1) is 12.4 Å². The quantitative estimate of drug-likeness (QED) is 0.453. The molecule has 1 rings (SSSR count). The minimum absolute atomic E-state index is 0. The van der Waals surface area contributed by atoms with E-state index in [1.54, 1.807) is 7.05 Å². The van der Waals surface area contributed by atoms with Crippen molar-refractivity contribution >= 4 is 18.2 Å². The van der Waals surface area contributed by atoms with Crippen molar-refractivity contribution in [1.29, 1.82) is 0 Å². The Balaban J connectivity index is 0.000000810. The summed E-state index contributed by atoms with van der Waals surface area (Å²) >= 11 is 0. The molecule has 0 aliphatic rings. The van der Waals surface area contributed by atoms with Gasteiger partial charge in [-0.05, 0) is 9.91 Å². The van der Waals surface area contributed by atoms with Crippen LogP contribution in [-0.4, -0.2) is 14.5 Å². The van der Waals surface area contributed by atoms with Gasteiger partial charge in [-0.25, -0.2) is 0 Å². The van der Waals surface area contributed by atoms with Crippen molar-refractivity contribution in [3.05, 3.63) is 22.6 Å². The molecule has 1 aromatic heterocycles.